The Morgan fingerprint density at radius 1 is 1.20 bits per heavy atom. The molecule has 5 nitrogen and oxygen atoms in total. The predicted molar refractivity (Wildman–Crippen MR) is 94.0 cm³/mol. The SMILES string of the molecule is CCCCN(c1ccccc1)S(=O)(=O)c1cc(C(=O)O)cc(F)c1C. The minimum absolute atomic E-state index is 0.0950. The summed E-state index contributed by atoms with van der Waals surface area (Å²) in [4.78, 5) is 10.9. The van der Waals surface area contributed by atoms with Crippen molar-refractivity contribution in [1.82, 2.24) is 0 Å². The third-order valence-electron chi connectivity index (χ3n) is 3.87. The van der Waals surface area contributed by atoms with Gasteiger partial charge in [-0.2, -0.15) is 0 Å². The molecular weight excluding hydrogens is 345 g/mol. The summed E-state index contributed by atoms with van der Waals surface area (Å²) in [5, 5.41) is 9.11. The van der Waals surface area contributed by atoms with Crippen molar-refractivity contribution in [2.75, 3.05) is 10.8 Å². The van der Waals surface area contributed by atoms with Crippen LogP contribution < -0.4 is 4.31 Å². The van der Waals surface area contributed by atoms with Gasteiger partial charge in [-0.1, -0.05) is 31.5 Å². The first-order valence-corrected chi connectivity index (χ1v) is 9.34. The van der Waals surface area contributed by atoms with Crippen molar-refractivity contribution in [3.05, 3.63) is 59.4 Å². The summed E-state index contributed by atoms with van der Waals surface area (Å²) in [7, 11) is -4.11. The average Bonchev–Trinajstić information content (AvgIpc) is 2.58. The zero-order chi connectivity index (χ0) is 18.6. The van der Waals surface area contributed by atoms with Crippen LogP contribution in [0.4, 0.5) is 10.1 Å². The molecule has 0 spiro atoms. The summed E-state index contributed by atoms with van der Waals surface area (Å²) in [6.45, 7) is 3.49. The molecule has 0 heterocycles. The van der Waals surface area contributed by atoms with Gasteiger partial charge in [-0.25, -0.2) is 17.6 Å². The number of halogens is 1. The molecule has 0 aromatic heterocycles. The van der Waals surface area contributed by atoms with E-state index in [1.807, 2.05) is 6.92 Å². The van der Waals surface area contributed by atoms with E-state index < -0.39 is 27.4 Å². The smallest absolute Gasteiger partial charge is 0.335 e. The highest BCUT2D eigenvalue weighted by Gasteiger charge is 2.28. The summed E-state index contributed by atoms with van der Waals surface area (Å²) < 4.78 is 41.6. The third kappa shape index (κ3) is 3.99. The Bertz CT molecular complexity index is 866. The first-order chi connectivity index (χ1) is 11.8. The van der Waals surface area contributed by atoms with Gasteiger partial charge in [-0.05, 0) is 37.6 Å². The van der Waals surface area contributed by atoms with Crippen molar-refractivity contribution >= 4 is 21.7 Å². The number of carbonyl (C=O) groups is 1. The second-order valence-electron chi connectivity index (χ2n) is 5.65. The summed E-state index contributed by atoms with van der Waals surface area (Å²) in [6, 6.07) is 10.3. The van der Waals surface area contributed by atoms with Gasteiger partial charge in [-0.15, -0.1) is 0 Å². The monoisotopic (exact) mass is 365 g/mol. The van der Waals surface area contributed by atoms with Gasteiger partial charge in [0.15, 0.2) is 0 Å². The fourth-order valence-corrected chi connectivity index (χ4v) is 4.21. The maximum absolute atomic E-state index is 14.1. The first-order valence-electron chi connectivity index (χ1n) is 7.90. The predicted octanol–water partition coefficient (Wildman–Crippen LogP) is 3.83. The van der Waals surface area contributed by atoms with Crippen LogP contribution in [0.3, 0.4) is 0 Å². The van der Waals surface area contributed by atoms with Gasteiger partial charge in [0.1, 0.15) is 5.82 Å². The largest absolute Gasteiger partial charge is 0.478 e. The van der Waals surface area contributed by atoms with E-state index in [4.69, 9.17) is 5.11 Å². The molecule has 0 radical (unpaired) electrons. The van der Waals surface area contributed by atoms with Crippen molar-refractivity contribution in [3.63, 3.8) is 0 Å². The summed E-state index contributed by atoms with van der Waals surface area (Å²) >= 11 is 0. The lowest BCUT2D eigenvalue weighted by atomic mass is 10.1. The highest BCUT2D eigenvalue weighted by Crippen LogP contribution is 2.28. The molecule has 1 N–H and O–H groups in total. The Kier molecular flexibility index (Phi) is 5.79. The Morgan fingerprint density at radius 2 is 1.84 bits per heavy atom. The number of benzene rings is 2. The van der Waals surface area contributed by atoms with Crippen molar-refractivity contribution in [3.8, 4) is 0 Å². The second-order valence-corrected chi connectivity index (χ2v) is 7.48. The van der Waals surface area contributed by atoms with Gasteiger partial charge in [0, 0.05) is 12.1 Å². The van der Waals surface area contributed by atoms with E-state index in [0.717, 1.165) is 18.6 Å². The van der Waals surface area contributed by atoms with Crippen LogP contribution in [0.5, 0.6) is 0 Å². The lowest BCUT2D eigenvalue weighted by Gasteiger charge is -2.25. The van der Waals surface area contributed by atoms with Crippen LogP contribution >= 0.6 is 0 Å². The van der Waals surface area contributed by atoms with Crippen LogP contribution in [0.25, 0.3) is 0 Å². The maximum atomic E-state index is 14.1. The van der Waals surface area contributed by atoms with E-state index in [1.54, 1.807) is 30.3 Å². The number of hydrogen-bond donors (Lipinski definition) is 1. The molecule has 0 amide bonds. The molecule has 25 heavy (non-hydrogen) atoms. The standard InChI is InChI=1S/C18H20FNO4S/c1-3-4-10-20(15-8-6-5-7-9-15)25(23,24)17-12-14(18(21)22)11-16(19)13(17)2/h5-9,11-12H,3-4,10H2,1-2H3,(H,21,22). The van der Waals surface area contributed by atoms with Crippen molar-refractivity contribution < 1.29 is 22.7 Å². The van der Waals surface area contributed by atoms with Crippen LogP contribution in [0, 0.1) is 12.7 Å². The molecule has 0 saturated heterocycles. The molecule has 0 aliphatic rings. The zero-order valence-corrected chi connectivity index (χ0v) is 14.9. The van der Waals surface area contributed by atoms with Crippen LogP contribution in [0.2, 0.25) is 0 Å². The van der Waals surface area contributed by atoms with Gasteiger partial charge in [0.25, 0.3) is 10.0 Å². The van der Waals surface area contributed by atoms with Gasteiger partial charge in [0.2, 0.25) is 0 Å². The molecule has 0 fully saturated rings. The molecule has 0 atom stereocenters. The summed E-state index contributed by atoms with van der Waals surface area (Å²) in [5.41, 5.74) is -0.0379. The van der Waals surface area contributed by atoms with Crippen molar-refractivity contribution in [2.24, 2.45) is 0 Å². The number of para-hydroxylation sites is 1. The highest BCUT2D eigenvalue weighted by molar-refractivity contribution is 7.92. The molecule has 0 bridgehead atoms. The molecule has 0 aliphatic carbocycles. The number of rotatable bonds is 7. The normalized spacial score (nSPS) is 11.3. The van der Waals surface area contributed by atoms with Gasteiger partial charge in [-0.3, -0.25) is 4.31 Å². The number of sulfonamides is 1. The molecule has 2 aromatic rings. The molecule has 7 heteroatoms. The molecule has 0 unspecified atom stereocenters. The Balaban J connectivity index is 2.63. The number of aromatic carboxylic acids is 1. The number of nitrogens with zero attached hydrogens (tertiary/aromatic N) is 1. The van der Waals surface area contributed by atoms with Gasteiger partial charge >= 0.3 is 5.97 Å². The molecule has 2 aromatic carbocycles. The topological polar surface area (TPSA) is 74.7 Å². The Hall–Kier alpha value is -2.41. The maximum Gasteiger partial charge on any atom is 0.335 e. The minimum atomic E-state index is -4.11. The summed E-state index contributed by atoms with van der Waals surface area (Å²) in [6.07, 6.45) is 1.40. The number of carboxylic acid groups (broad SMARTS) is 1. The van der Waals surface area contributed by atoms with E-state index >= 15 is 0 Å². The lowest BCUT2D eigenvalue weighted by Crippen LogP contribution is -2.32. The number of carboxylic acids is 1. The van der Waals surface area contributed by atoms with Gasteiger partial charge < -0.3 is 5.11 Å². The van der Waals surface area contributed by atoms with E-state index in [9.17, 15) is 17.6 Å². The molecular formula is C18H20FNO4S. The zero-order valence-electron chi connectivity index (χ0n) is 14.1. The number of unbranched alkanes of at least 4 members (excludes halogenated alkanes) is 1. The van der Waals surface area contributed by atoms with Crippen LogP contribution in [0.1, 0.15) is 35.7 Å². The van der Waals surface area contributed by atoms with E-state index in [0.29, 0.717) is 12.1 Å². The quantitative estimate of drug-likeness (QED) is 0.809. The average molecular weight is 365 g/mol. The number of hydrogen-bond acceptors (Lipinski definition) is 3. The number of anilines is 1. The molecule has 0 aliphatic heterocycles. The molecule has 134 valence electrons. The van der Waals surface area contributed by atoms with Crippen LogP contribution in [0.15, 0.2) is 47.4 Å². The van der Waals surface area contributed by atoms with Crippen molar-refractivity contribution in [1.29, 1.82) is 0 Å². The Morgan fingerprint density at radius 3 is 2.40 bits per heavy atom. The van der Waals surface area contributed by atoms with E-state index in [-0.39, 0.29) is 17.0 Å². The first kappa shape index (κ1) is 18.9. The lowest BCUT2D eigenvalue weighted by molar-refractivity contribution is 0.0696. The fraction of sp³-hybridized carbons (Fsp3) is 0.278. The van der Waals surface area contributed by atoms with Crippen molar-refractivity contribution in [2.45, 2.75) is 31.6 Å². The Labute approximate surface area is 146 Å². The van der Waals surface area contributed by atoms with Crippen LogP contribution in [-0.4, -0.2) is 26.0 Å². The second kappa shape index (κ2) is 7.65. The highest BCUT2D eigenvalue weighted by atomic mass is 32.2. The van der Waals surface area contributed by atoms with Crippen LogP contribution in [-0.2, 0) is 10.0 Å². The van der Waals surface area contributed by atoms with E-state index in [1.165, 1.54) is 11.2 Å². The fourth-order valence-electron chi connectivity index (χ4n) is 2.45. The van der Waals surface area contributed by atoms with Gasteiger partial charge in [0.05, 0.1) is 16.1 Å². The molecule has 2 rings (SSSR count). The summed E-state index contributed by atoms with van der Waals surface area (Å²) in [5.74, 6) is -2.24. The molecule has 0 saturated carbocycles. The van der Waals surface area contributed by atoms with E-state index in [2.05, 4.69) is 0 Å². The third-order valence-corrected chi connectivity index (χ3v) is 5.82. The minimum Gasteiger partial charge on any atom is -0.478 e.